The molecule has 3 aromatic rings. The van der Waals surface area contributed by atoms with Gasteiger partial charge in [0.1, 0.15) is 23.9 Å². The Balaban J connectivity index is 1.62. The monoisotopic (exact) mass is 412 g/mol. The van der Waals surface area contributed by atoms with Gasteiger partial charge in [0.25, 0.3) is 0 Å². The van der Waals surface area contributed by atoms with Crippen LogP contribution in [0.4, 0.5) is 0 Å². The molecule has 0 aliphatic carbocycles. The standard InChI is InChI=1S/C23H21ClO5/c1-15-12-18(7-9-20(15)24)28-14-19-6-5-17(29-19)8-10-21(25)16-4-11-22(26-2)23(13-16)27-3/h4-13H,14H2,1-3H3/b10-8+. The summed E-state index contributed by atoms with van der Waals surface area (Å²) in [4.78, 5) is 12.4. The van der Waals surface area contributed by atoms with Gasteiger partial charge in [-0.1, -0.05) is 11.6 Å². The van der Waals surface area contributed by atoms with Crippen LogP contribution < -0.4 is 14.2 Å². The SMILES string of the molecule is COc1ccc(C(=O)/C=C/c2ccc(COc3ccc(Cl)c(C)c3)o2)cc1OC. The molecule has 0 amide bonds. The first-order valence-corrected chi connectivity index (χ1v) is 9.30. The number of ether oxygens (including phenoxy) is 3. The van der Waals surface area contributed by atoms with Crippen molar-refractivity contribution < 1.29 is 23.4 Å². The summed E-state index contributed by atoms with van der Waals surface area (Å²) in [5.41, 5.74) is 1.44. The molecule has 0 bridgehead atoms. The molecule has 0 N–H and O–H groups in total. The van der Waals surface area contributed by atoms with E-state index in [9.17, 15) is 4.79 Å². The van der Waals surface area contributed by atoms with Crippen LogP contribution in [-0.2, 0) is 6.61 Å². The van der Waals surface area contributed by atoms with Crippen LogP contribution >= 0.6 is 11.6 Å². The Morgan fingerprint density at radius 3 is 2.55 bits per heavy atom. The third kappa shape index (κ3) is 5.21. The van der Waals surface area contributed by atoms with Crippen molar-refractivity contribution in [3.8, 4) is 17.2 Å². The third-order valence-corrected chi connectivity index (χ3v) is 4.68. The van der Waals surface area contributed by atoms with Gasteiger partial charge in [-0.2, -0.15) is 0 Å². The second-order valence-corrected chi connectivity index (χ2v) is 6.68. The first-order valence-electron chi connectivity index (χ1n) is 8.92. The van der Waals surface area contributed by atoms with Gasteiger partial charge < -0.3 is 18.6 Å². The Kier molecular flexibility index (Phi) is 6.62. The summed E-state index contributed by atoms with van der Waals surface area (Å²) in [5, 5.41) is 0.696. The summed E-state index contributed by atoms with van der Waals surface area (Å²) in [6.07, 6.45) is 3.07. The number of rotatable bonds is 8. The maximum Gasteiger partial charge on any atom is 0.186 e. The second kappa shape index (κ2) is 9.34. The van der Waals surface area contributed by atoms with Gasteiger partial charge in [0, 0.05) is 10.6 Å². The van der Waals surface area contributed by atoms with Crippen LogP contribution in [0.1, 0.15) is 27.4 Å². The highest BCUT2D eigenvalue weighted by Gasteiger charge is 2.09. The van der Waals surface area contributed by atoms with Crippen molar-refractivity contribution in [1.29, 1.82) is 0 Å². The molecular formula is C23H21ClO5. The van der Waals surface area contributed by atoms with Gasteiger partial charge in [-0.3, -0.25) is 4.79 Å². The van der Waals surface area contributed by atoms with Crippen LogP contribution in [0.3, 0.4) is 0 Å². The number of aryl methyl sites for hydroxylation is 1. The number of carbonyl (C=O) groups excluding carboxylic acids is 1. The number of furan rings is 1. The molecule has 6 heteroatoms. The lowest BCUT2D eigenvalue weighted by molar-refractivity contribution is 0.104. The second-order valence-electron chi connectivity index (χ2n) is 6.27. The lowest BCUT2D eigenvalue weighted by atomic mass is 10.1. The maximum atomic E-state index is 12.4. The zero-order chi connectivity index (χ0) is 20.8. The number of benzene rings is 2. The minimum absolute atomic E-state index is 0.170. The van der Waals surface area contributed by atoms with Gasteiger partial charge in [0.2, 0.25) is 0 Å². The van der Waals surface area contributed by atoms with Crippen LogP contribution in [-0.4, -0.2) is 20.0 Å². The number of methoxy groups -OCH3 is 2. The molecular weight excluding hydrogens is 392 g/mol. The van der Waals surface area contributed by atoms with Crippen LogP contribution in [0.5, 0.6) is 17.2 Å². The topological polar surface area (TPSA) is 57.9 Å². The van der Waals surface area contributed by atoms with Crippen molar-refractivity contribution in [1.82, 2.24) is 0 Å². The average Bonchev–Trinajstić information content (AvgIpc) is 3.20. The number of ketones is 1. The molecule has 1 heterocycles. The Morgan fingerprint density at radius 1 is 1.03 bits per heavy atom. The van der Waals surface area contributed by atoms with Crippen molar-refractivity contribution in [2.45, 2.75) is 13.5 Å². The quantitative estimate of drug-likeness (QED) is 0.349. The van der Waals surface area contributed by atoms with Gasteiger partial charge in [-0.05, 0) is 73.2 Å². The molecule has 0 aliphatic heterocycles. The van der Waals surface area contributed by atoms with Crippen LogP contribution in [0.15, 0.2) is 59.0 Å². The van der Waals surface area contributed by atoms with E-state index in [2.05, 4.69) is 0 Å². The minimum atomic E-state index is -0.170. The Morgan fingerprint density at radius 2 is 1.83 bits per heavy atom. The molecule has 0 aliphatic rings. The number of hydrogen-bond acceptors (Lipinski definition) is 5. The first kappa shape index (κ1) is 20.6. The molecule has 29 heavy (non-hydrogen) atoms. The molecule has 0 atom stereocenters. The Labute approximate surface area is 174 Å². The molecule has 0 unspecified atom stereocenters. The van der Waals surface area contributed by atoms with E-state index in [1.54, 1.807) is 49.6 Å². The summed E-state index contributed by atoms with van der Waals surface area (Å²) in [6, 6.07) is 14.1. The van der Waals surface area contributed by atoms with Gasteiger partial charge in [0.05, 0.1) is 14.2 Å². The van der Waals surface area contributed by atoms with E-state index in [1.165, 1.54) is 13.2 Å². The van der Waals surface area contributed by atoms with Crippen molar-refractivity contribution in [2.75, 3.05) is 14.2 Å². The van der Waals surface area contributed by atoms with Crippen molar-refractivity contribution in [3.63, 3.8) is 0 Å². The van der Waals surface area contributed by atoms with E-state index in [4.69, 9.17) is 30.2 Å². The fourth-order valence-electron chi connectivity index (χ4n) is 2.67. The summed E-state index contributed by atoms with van der Waals surface area (Å²) < 4.78 is 21.8. The molecule has 0 fully saturated rings. The fourth-order valence-corrected chi connectivity index (χ4v) is 2.78. The van der Waals surface area contributed by atoms with E-state index < -0.39 is 0 Å². The van der Waals surface area contributed by atoms with Crippen molar-refractivity contribution >= 4 is 23.5 Å². The van der Waals surface area contributed by atoms with Gasteiger partial charge >= 0.3 is 0 Å². The van der Waals surface area contributed by atoms with Crippen molar-refractivity contribution in [3.05, 3.63) is 82.3 Å². The highest BCUT2D eigenvalue weighted by Crippen LogP contribution is 2.28. The number of allylic oxidation sites excluding steroid dienone is 1. The van der Waals surface area contributed by atoms with E-state index in [1.807, 2.05) is 19.1 Å². The van der Waals surface area contributed by atoms with E-state index in [-0.39, 0.29) is 12.4 Å². The third-order valence-electron chi connectivity index (χ3n) is 4.26. The van der Waals surface area contributed by atoms with E-state index >= 15 is 0 Å². The summed E-state index contributed by atoms with van der Waals surface area (Å²) >= 11 is 6.02. The van der Waals surface area contributed by atoms with Crippen LogP contribution in [0.2, 0.25) is 5.02 Å². The highest BCUT2D eigenvalue weighted by atomic mass is 35.5. The first-order chi connectivity index (χ1) is 14.0. The van der Waals surface area contributed by atoms with Crippen LogP contribution in [0.25, 0.3) is 6.08 Å². The molecule has 150 valence electrons. The lowest BCUT2D eigenvalue weighted by Crippen LogP contribution is -1.97. The zero-order valence-corrected chi connectivity index (χ0v) is 17.2. The van der Waals surface area contributed by atoms with Crippen molar-refractivity contribution in [2.24, 2.45) is 0 Å². The molecule has 0 radical (unpaired) electrons. The normalized spacial score (nSPS) is 10.9. The molecule has 0 saturated carbocycles. The highest BCUT2D eigenvalue weighted by molar-refractivity contribution is 6.31. The zero-order valence-electron chi connectivity index (χ0n) is 16.4. The smallest absolute Gasteiger partial charge is 0.186 e. The van der Waals surface area contributed by atoms with E-state index in [0.29, 0.717) is 39.4 Å². The maximum absolute atomic E-state index is 12.4. The molecule has 0 saturated heterocycles. The summed E-state index contributed by atoms with van der Waals surface area (Å²) in [7, 11) is 3.07. The van der Waals surface area contributed by atoms with Gasteiger partial charge in [-0.25, -0.2) is 0 Å². The molecule has 1 aromatic heterocycles. The number of carbonyl (C=O) groups is 1. The number of hydrogen-bond donors (Lipinski definition) is 0. The predicted octanol–water partition coefficient (Wildman–Crippen LogP) is 5.73. The number of halogens is 1. The fraction of sp³-hybridized carbons (Fsp3) is 0.174. The molecule has 2 aromatic carbocycles. The largest absolute Gasteiger partial charge is 0.493 e. The molecule has 3 rings (SSSR count). The summed E-state index contributed by atoms with van der Waals surface area (Å²) in [6.45, 7) is 2.19. The predicted molar refractivity (Wildman–Crippen MR) is 112 cm³/mol. The van der Waals surface area contributed by atoms with E-state index in [0.717, 1.165) is 5.56 Å². The Bertz CT molecular complexity index is 1040. The van der Waals surface area contributed by atoms with Crippen LogP contribution in [0, 0.1) is 6.92 Å². The van der Waals surface area contributed by atoms with Gasteiger partial charge in [-0.15, -0.1) is 0 Å². The average molecular weight is 413 g/mol. The van der Waals surface area contributed by atoms with Gasteiger partial charge in [0.15, 0.2) is 17.3 Å². The Hall–Kier alpha value is -3.18. The molecule has 5 nitrogen and oxygen atoms in total. The molecule has 0 spiro atoms. The lowest BCUT2D eigenvalue weighted by Gasteiger charge is -2.07. The minimum Gasteiger partial charge on any atom is -0.493 e. The summed E-state index contributed by atoms with van der Waals surface area (Å²) in [5.74, 6) is 2.82.